The van der Waals surface area contributed by atoms with Crippen LogP contribution in [0.2, 0.25) is 0 Å². The molecular formula is C25H29FN4O5S. The first kappa shape index (κ1) is 26.9. The zero-order valence-electron chi connectivity index (χ0n) is 20.0. The van der Waals surface area contributed by atoms with Crippen molar-refractivity contribution in [3.63, 3.8) is 0 Å². The Morgan fingerprint density at radius 1 is 1.14 bits per heavy atom. The van der Waals surface area contributed by atoms with E-state index < -0.39 is 28.2 Å². The number of amides is 3. The van der Waals surface area contributed by atoms with Gasteiger partial charge in [-0.1, -0.05) is 42.5 Å². The number of ether oxygens (including phenoxy) is 1. The number of benzene rings is 2. The van der Waals surface area contributed by atoms with Crippen LogP contribution in [0, 0.1) is 5.92 Å². The van der Waals surface area contributed by atoms with E-state index >= 15 is 0 Å². The third-order valence-corrected chi connectivity index (χ3v) is 6.56. The number of likely N-dealkylation sites (N-methyl/N-ethyl adjacent to an activating group) is 1. The number of urea groups is 1. The molecule has 2 aromatic carbocycles. The minimum Gasteiger partial charge on any atom is -0.497 e. The molecule has 3 N–H and O–H groups in total. The van der Waals surface area contributed by atoms with Gasteiger partial charge in [0.25, 0.3) is 0 Å². The topological polar surface area (TPSA) is 117 Å². The third kappa shape index (κ3) is 7.92. The number of rotatable bonds is 10. The van der Waals surface area contributed by atoms with Crippen molar-refractivity contribution in [3.05, 3.63) is 84.2 Å². The standard InChI is InChI=1S/C25H29FN4O5S/c1-30(21-11-13-22(35-2)14-12-21)24(31)23(16-18-7-4-3-5-8-18)28-25(32)29-36(33,34)27-17-19-9-6-10-20(26)15-19/h3-14,19,23,27H,15-17H2,1-2H3,(H2,28,29,32)/t19?,23-/m0/s1. The monoisotopic (exact) mass is 516 g/mol. The van der Waals surface area contributed by atoms with E-state index in [2.05, 4.69) is 10.0 Å². The molecule has 0 bridgehead atoms. The molecule has 3 amide bonds. The fourth-order valence-electron chi connectivity index (χ4n) is 3.62. The number of nitrogens with zero attached hydrogens (tertiary/aromatic N) is 1. The molecule has 36 heavy (non-hydrogen) atoms. The van der Waals surface area contributed by atoms with Crippen LogP contribution in [0.15, 0.2) is 78.7 Å². The molecule has 0 aliphatic heterocycles. The van der Waals surface area contributed by atoms with E-state index in [4.69, 9.17) is 4.74 Å². The van der Waals surface area contributed by atoms with Gasteiger partial charge < -0.3 is 15.0 Å². The molecular weight excluding hydrogens is 487 g/mol. The average Bonchev–Trinajstić information content (AvgIpc) is 2.87. The molecule has 9 nitrogen and oxygen atoms in total. The Kier molecular flexibility index (Phi) is 9.20. The van der Waals surface area contributed by atoms with E-state index in [0.29, 0.717) is 11.4 Å². The number of allylic oxidation sites excluding steroid dienone is 3. The second-order valence-corrected chi connectivity index (χ2v) is 9.73. The van der Waals surface area contributed by atoms with Crippen molar-refractivity contribution in [2.75, 3.05) is 25.6 Å². The maximum atomic E-state index is 13.4. The molecule has 1 aliphatic carbocycles. The Morgan fingerprint density at radius 2 is 1.83 bits per heavy atom. The molecule has 192 valence electrons. The van der Waals surface area contributed by atoms with Gasteiger partial charge in [0.15, 0.2) is 0 Å². The predicted molar refractivity (Wildman–Crippen MR) is 135 cm³/mol. The maximum Gasteiger partial charge on any atom is 0.330 e. The lowest BCUT2D eigenvalue weighted by molar-refractivity contribution is -0.120. The van der Waals surface area contributed by atoms with E-state index in [1.807, 2.05) is 10.8 Å². The van der Waals surface area contributed by atoms with Crippen LogP contribution in [-0.4, -0.2) is 47.1 Å². The molecule has 1 aliphatic rings. The summed E-state index contributed by atoms with van der Waals surface area (Å²) >= 11 is 0. The first-order valence-corrected chi connectivity index (χ1v) is 12.7. The fourth-order valence-corrected chi connectivity index (χ4v) is 4.43. The van der Waals surface area contributed by atoms with Crippen LogP contribution < -0.4 is 24.4 Å². The van der Waals surface area contributed by atoms with Crippen molar-refractivity contribution in [2.45, 2.75) is 18.9 Å². The number of halogens is 1. The van der Waals surface area contributed by atoms with Gasteiger partial charge in [0, 0.05) is 32.1 Å². The van der Waals surface area contributed by atoms with Crippen molar-refractivity contribution < 1.29 is 27.1 Å². The minimum atomic E-state index is -4.25. The van der Waals surface area contributed by atoms with Crippen LogP contribution in [0.4, 0.5) is 14.9 Å². The third-order valence-electron chi connectivity index (χ3n) is 5.56. The number of carbonyl (C=O) groups excluding carboxylic acids is 2. The number of hydrogen-bond acceptors (Lipinski definition) is 5. The quantitative estimate of drug-likeness (QED) is 0.449. The lowest BCUT2D eigenvalue weighted by Gasteiger charge is -2.25. The van der Waals surface area contributed by atoms with Gasteiger partial charge in [-0.25, -0.2) is 13.9 Å². The van der Waals surface area contributed by atoms with Crippen molar-refractivity contribution >= 4 is 27.8 Å². The summed E-state index contributed by atoms with van der Waals surface area (Å²) in [7, 11) is -1.15. The van der Waals surface area contributed by atoms with Gasteiger partial charge in [0.2, 0.25) is 5.91 Å². The van der Waals surface area contributed by atoms with Gasteiger partial charge in [-0.2, -0.15) is 13.1 Å². The molecule has 0 radical (unpaired) electrons. The van der Waals surface area contributed by atoms with Crippen LogP contribution in [0.5, 0.6) is 5.75 Å². The average molecular weight is 517 g/mol. The summed E-state index contributed by atoms with van der Waals surface area (Å²) in [5, 5.41) is 2.47. The van der Waals surface area contributed by atoms with E-state index in [-0.39, 0.29) is 31.1 Å². The normalized spacial score (nSPS) is 16.0. The highest BCUT2D eigenvalue weighted by atomic mass is 32.2. The van der Waals surface area contributed by atoms with Gasteiger partial charge in [-0.15, -0.1) is 0 Å². The first-order chi connectivity index (χ1) is 17.2. The fraction of sp³-hybridized carbons (Fsp3) is 0.280. The molecule has 0 spiro atoms. The largest absolute Gasteiger partial charge is 0.497 e. The van der Waals surface area contributed by atoms with Gasteiger partial charge >= 0.3 is 16.2 Å². The molecule has 0 fully saturated rings. The van der Waals surface area contributed by atoms with Crippen LogP contribution in [0.25, 0.3) is 0 Å². The Morgan fingerprint density at radius 3 is 2.47 bits per heavy atom. The summed E-state index contributed by atoms with van der Waals surface area (Å²) in [6.07, 6.45) is 4.70. The zero-order chi connectivity index (χ0) is 26.1. The highest BCUT2D eigenvalue weighted by molar-refractivity contribution is 7.88. The highest BCUT2D eigenvalue weighted by Crippen LogP contribution is 2.20. The van der Waals surface area contributed by atoms with E-state index in [0.717, 1.165) is 5.56 Å². The molecule has 11 heteroatoms. The minimum absolute atomic E-state index is 0.0660. The van der Waals surface area contributed by atoms with Crippen LogP contribution in [0.3, 0.4) is 0 Å². The number of hydrogen-bond donors (Lipinski definition) is 3. The smallest absolute Gasteiger partial charge is 0.330 e. The summed E-state index contributed by atoms with van der Waals surface area (Å²) in [4.78, 5) is 27.3. The van der Waals surface area contributed by atoms with E-state index in [1.54, 1.807) is 61.7 Å². The summed E-state index contributed by atoms with van der Waals surface area (Å²) in [5.74, 6) is -0.548. The number of methoxy groups -OCH3 is 1. The predicted octanol–water partition coefficient (Wildman–Crippen LogP) is 2.83. The molecule has 0 heterocycles. The lowest BCUT2D eigenvalue weighted by atomic mass is 10.0. The van der Waals surface area contributed by atoms with E-state index in [9.17, 15) is 22.4 Å². The molecule has 0 saturated carbocycles. The second-order valence-electron chi connectivity index (χ2n) is 8.23. The SMILES string of the molecule is COc1ccc(N(C)C(=O)[C@H](Cc2ccccc2)NC(=O)NS(=O)(=O)NCC2C=CC=C(F)C2)cc1. The van der Waals surface area contributed by atoms with Gasteiger partial charge in [0.1, 0.15) is 17.6 Å². The van der Waals surface area contributed by atoms with Gasteiger partial charge in [-0.3, -0.25) is 4.79 Å². The van der Waals surface area contributed by atoms with Crippen LogP contribution in [-0.2, 0) is 21.4 Å². The van der Waals surface area contributed by atoms with Crippen LogP contribution >= 0.6 is 0 Å². The Hall–Kier alpha value is -3.70. The van der Waals surface area contributed by atoms with E-state index in [1.165, 1.54) is 24.2 Å². The highest BCUT2D eigenvalue weighted by Gasteiger charge is 2.27. The molecule has 2 aromatic rings. The Bertz CT molecular complexity index is 1220. The maximum absolute atomic E-state index is 13.4. The molecule has 0 saturated heterocycles. The zero-order valence-corrected chi connectivity index (χ0v) is 20.8. The molecule has 2 atom stereocenters. The number of nitrogens with one attached hydrogen (secondary N) is 3. The summed E-state index contributed by atoms with van der Waals surface area (Å²) in [5.41, 5.74) is 1.34. The first-order valence-electron chi connectivity index (χ1n) is 11.2. The van der Waals surface area contributed by atoms with Crippen molar-refractivity contribution in [3.8, 4) is 5.75 Å². The van der Waals surface area contributed by atoms with Crippen molar-refractivity contribution in [2.24, 2.45) is 5.92 Å². The van der Waals surface area contributed by atoms with Crippen LogP contribution in [0.1, 0.15) is 12.0 Å². The molecule has 0 aromatic heterocycles. The Balaban J connectivity index is 1.67. The summed E-state index contributed by atoms with van der Waals surface area (Å²) in [6.45, 7) is -0.0903. The second kappa shape index (κ2) is 12.3. The molecule has 3 rings (SSSR count). The molecule has 1 unspecified atom stereocenters. The lowest BCUT2D eigenvalue weighted by Crippen LogP contribution is -2.54. The van der Waals surface area contributed by atoms with Gasteiger partial charge in [0.05, 0.1) is 7.11 Å². The van der Waals surface area contributed by atoms with Crippen molar-refractivity contribution in [1.82, 2.24) is 14.8 Å². The summed E-state index contributed by atoms with van der Waals surface area (Å²) in [6, 6.07) is 13.7. The summed E-state index contributed by atoms with van der Waals surface area (Å²) < 4.78 is 47.4. The number of carbonyl (C=O) groups is 2. The van der Waals surface area contributed by atoms with Gasteiger partial charge in [-0.05, 0) is 41.8 Å². The Labute approximate surface area is 210 Å². The van der Waals surface area contributed by atoms with Crippen molar-refractivity contribution in [1.29, 1.82) is 0 Å². The number of anilines is 1.